The first-order chi connectivity index (χ1) is 7.65. The van der Waals surface area contributed by atoms with E-state index in [9.17, 15) is 4.79 Å². The van der Waals surface area contributed by atoms with Gasteiger partial charge in [-0.25, -0.2) is 0 Å². The van der Waals surface area contributed by atoms with Gasteiger partial charge in [-0.05, 0) is 23.8 Å². The fourth-order valence-corrected chi connectivity index (χ4v) is 2.23. The molecule has 1 unspecified atom stereocenters. The van der Waals surface area contributed by atoms with Crippen LogP contribution in [0.3, 0.4) is 0 Å². The van der Waals surface area contributed by atoms with Crippen molar-refractivity contribution in [3.05, 3.63) is 22.4 Å². The molecule has 90 valence electrons. The number of carbonyl (C=O) groups is 1. The molecule has 0 spiro atoms. The van der Waals surface area contributed by atoms with Crippen molar-refractivity contribution in [3.63, 3.8) is 0 Å². The van der Waals surface area contributed by atoms with Crippen LogP contribution >= 0.6 is 11.3 Å². The molecule has 0 fully saturated rings. The maximum Gasteiger partial charge on any atom is 0.323 e. The number of hydrogen-bond acceptors (Lipinski definition) is 4. The maximum atomic E-state index is 11.5. The molecule has 0 aliphatic rings. The highest BCUT2D eigenvalue weighted by molar-refractivity contribution is 7.09. The molecule has 1 aromatic rings. The van der Waals surface area contributed by atoms with E-state index in [1.165, 1.54) is 12.0 Å². The number of hydrogen-bond donors (Lipinski definition) is 1. The van der Waals surface area contributed by atoms with Crippen LogP contribution < -0.4 is 5.32 Å². The predicted molar refractivity (Wildman–Crippen MR) is 66.7 cm³/mol. The van der Waals surface area contributed by atoms with Gasteiger partial charge in [0.15, 0.2) is 0 Å². The third-order valence-electron chi connectivity index (χ3n) is 2.44. The monoisotopic (exact) mass is 241 g/mol. The topological polar surface area (TPSA) is 38.3 Å². The molecule has 0 aliphatic carbocycles. The summed E-state index contributed by atoms with van der Waals surface area (Å²) >= 11 is 1.74. The fraction of sp³-hybridized carbons (Fsp3) is 0.583. The van der Waals surface area contributed by atoms with Crippen molar-refractivity contribution in [1.29, 1.82) is 0 Å². The molecule has 0 bridgehead atoms. The van der Waals surface area contributed by atoms with Gasteiger partial charge in [0, 0.05) is 11.4 Å². The standard InChI is InChI=1S/C12H19NO2S/c1-9(2)11(12(14)15-3)13-7-6-10-5-4-8-16-10/h4-5,8-9,11,13H,6-7H2,1-3H3. The number of methoxy groups -OCH3 is 1. The predicted octanol–water partition coefficient (Wildman–Crippen LogP) is 2.08. The minimum atomic E-state index is -0.204. The number of ether oxygens (including phenoxy) is 1. The molecule has 1 N–H and O–H groups in total. The molecule has 1 heterocycles. The molecule has 0 amide bonds. The lowest BCUT2D eigenvalue weighted by Gasteiger charge is -2.19. The van der Waals surface area contributed by atoms with Crippen LogP contribution in [0.2, 0.25) is 0 Å². The van der Waals surface area contributed by atoms with Crippen LogP contribution in [0, 0.1) is 5.92 Å². The summed E-state index contributed by atoms with van der Waals surface area (Å²) in [5.41, 5.74) is 0. The Morgan fingerprint density at radius 2 is 2.31 bits per heavy atom. The van der Waals surface area contributed by atoms with E-state index in [4.69, 9.17) is 4.74 Å². The summed E-state index contributed by atoms with van der Waals surface area (Å²) in [7, 11) is 1.43. The van der Waals surface area contributed by atoms with Gasteiger partial charge in [0.1, 0.15) is 6.04 Å². The van der Waals surface area contributed by atoms with Gasteiger partial charge in [-0.15, -0.1) is 11.3 Å². The molecular weight excluding hydrogens is 222 g/mol. The zero-order valence-electron chi connectivity index (χ0n) is 10.0. The number of carbonyl (C=O) groups excluding carboxylic acids is 1. The first-order valence-electron chi connectivity index (χ1n) is 5.48. The molecule has 3 nitrogen and oxygen atoms in total. The zero-order valence-corrected chi connectivity index (χ0v) is 10.8. The van der Waals surface area contributed by atoms with Crippen molar-refractivity contribution < 1.29 is 9.53 Å². The fourth-order valence-electron chi connectivity index (χ4n) is 1.52. The Morgan fingerprint density at radius 3 is 2.81 bits per heavy atom. The van der Waals surface area contributed by atoms with Crippen molar-refractivity contribution in [2.24, 2.45) is 5.92 Å². The largest absolute Gasteiger partial charge is 0.468 e. The minimum Gasteiger partial charge on any atom is -0.468 e. The van der Waals surface area contributed by atoms with Crippen LogP contribution in [0.5, 0.6) is 0 Å². The Kier molecular flexibility index (Phi) is 5.49. The Labute approximate surface area is 101 Å². The van der Waals surface area contributed by atoms with E-state index in [1.807, 2.05) is 19.9 Å². The van der Waals surface area contributed by atoms with E-state index in [-0.39, 0.29) is 17.9 Å². The highest BCUT2D eigenvalue weighted by Crippen LogP contribution is 2.09. The average molecular weight is 241 g/mol. The van der Waals surface area contributed by atoms with Gasteiger partial charge in [-0.3, -0.25) is 4.79 Å². The van der Waals surface area contributed by atoms with Gasteiger partial charge in [0.25, 0.3) is 0 Å². The Balaban J connectivity index is 2.36. The quantitative estimate of drug-likeness (QED) is 0.775. The summed E-state index contributed by atoms with van der Waals surface area (Å²) in [5.74, 6) is 0.0666. The summed E-state index contributed by atoms with van der Waals surface area (Å²) in [6.07, 6.45) is 0.956. The number of nitrogens with one attached hydrogen (secondary N) is 1. The molecule has 1 rings (SSSR count). The molecule has 0 aromatic carbocycles. The second-order valence-corrected chi connectivity index (χ2v) is 5.06. The van der Waals surface area contributed by atoms with Gasteiger partial charge in [-0.2, -0.15) is 0 Å². The molecular formula is C12H19NO2S. The van der Waals surface area contributed by atoms with Gasteiger partial charge in [-0.1, -0.05) is 19.9 Å². The highest BCUT2D eigenvalue weighted by Gasteiger charge is 2.21. The van der Waals surface area contributed by atoms with Crippen LogP contribution in [0.1, 0.15) is 18.7 Å². The second-order valence-electron chi connectivity index (χ2n) is 4.03. The van der Waals surface area contributed by atoms with E-state index in [0.29, 0.717) is 0 Å². The lowest BCUT2D eigenvalue weighted by molar-refractivity contribution is -0.144. The first kappa shape index (κ1) is 13.2. The average Bonchev–Trinajstić information content (AvgIpc) is 2.75. The van der Waals surface area contributed by atoms with E-state index < -0.39 is 0 Å². The highest BCUT2D eigenvalue weighted by atomic mass is 32.1. The third-order valence-corrected chi connectivity index (χ3v) is 3.37. The van der Waals surface area contributed by atoms with Crippen molar-refractivity contribution in [3.8, 4) is 0 Å². The first-order valence-corrected chi connectivity index (χ1v) is 6.36. The van der Waals surface area contributed by atoms with Gasteiger partial charge in [0.2, 0.25) is 0 Å². The SMILES string of the molecule is COC(=O)C(NCCc1cccs1)C(C)C. The van der Waals surface area contributed by atoms with Crippen LogP contribution in [0.15, 0.2) is 17.5 Å². The van der Waals surface area contributed by atoms with Gasteiger partial charge < -0.3 is 10.1 Å². The third kappa shape index (κ3) is 3.94. The molecule has 4 heteroatoms. The van der Waals surface area contributed by atoms with Gasteiger partial charge in [0.05, 0.1) is 7.11 Å². The van der Waals surface area contributed by atoms with Crippen molar-refractivity contribution >= 4 is 17.3 Å². The summed E-state index contributed by atoms with van der Waals surface area (Å²) < 4.78 is 4.76. The summed E-state index contributed by atoms with van der Waals surface area (Å²) in [5, 5.41) is 5.31. The number of esters is 1. The van der Waals surface area contributed by atoms with E-state index in [0.717, 1.165) is 13.0 Å². The normalized spacial score (nSPS) is 12.8. The maximum absolute atomic E-state index is 11.5. The summed E-state index contributed by atoms with van der Waals surface area (Å²) in [6.45, 7) is 4.83. The molecule has 0 saturated carbocycles. The zero-order chi connectivity index (χ0) is 12.0. The molecule has 1 aromatic heterocycles. The summed E-state index contributed by atoms with van der Waals surface area (Å²) in [4.78, 5) is 12.8. The van der Waals surface area contributed by atoms with Crippen molar-refractivity contribution in [2.45, 2.75) is 26.3 Å². The van der Waals surface area contributed by atoms with Crippen LogP contribution in [0.4, 0.5) is 0 Å². The van der Waals surface area contributed by atoms with E-state index >= 15 is 0 Å². The van der Waals surface area contributed by atoms with Crippen LogP contribution in [-0.4, -0.2) is 25.7 Å². The molecule has 1 atom stereocenters. The smallest absolute Gasteiger partial charge is 0.323 e. The lowest BCUT2D eigenvalue weighted by Crippen LogP contribution is -2.42. The molecule has 0 radical (unpaired) electrons. The van der Waals surface area contributed by atoms with Gasteiger partial charge >= 0.3 is 5.97 Å². The molecule has 0 aliphatic heterocycles. The van der Waals surface area contributed by atoms with E-state index in [1.54, 1.807) is 11.3 Å². The number of thiophene rings is 1. The van der Waals surface area contributed by atoms with Crippen LogP contribution in [0.25, 0.3) is 0 Å². The Morgan fingerprint density at radius 1 is 1.56 bits per heavy atom. The van der Waals surface area contributed by atoms with Crippen molar-refractivity contribution in [1.82, 2.24) is 5.32 Å². The Hall–Kier alpha value is -0.870. The minimum absolute atomic E-state index is 0.179. The lowest BCUT2D eigenvalue weighted by atomic mass is 10.0. The molecule has 16 heavy (non-hydrogen) atoms. The summed E-state index contributed by atoms with van der Waals surface area (Å²) in [6, 6.07) is 3.94. The number of rotatable bonds is 6. The Bertz CT molecular complexity index is 309. The van der Waals surface area contributed by atoms with Crippen LogP contribution in [-0.2, 0) is 16.0 Å². The van der Waals surface area contributed by atoms with E-state index in [2.05, 4.69) is 16.8 Å². The molecule has 0 saturated heterocycles. The van der Waals surface area contributed by atoms with Crippen molar-refractivity contribution in [2.75, 3.05) is 13.7 Å². The second kappa shape index (κ2) is 6.66.